The Morgan fingerprint density at radius 1 is 0.812 bits per heavy atom. The average Bonchev–Trinajstić information content (AvgIpc) is 3.04. The number of ether oxygens (including phenoxy) is 1. The van der Waals surface area contributed by atoms with Crippen LogP contribution in [-0.4, -0.2) is 24.8 Å². The molecule has 1 heterocycles. The highest BCUT2D eigenvalue weighted by molar-refractivity contribution is 6.46. The Morgan fingerprint density at radius 3 is 2.03 bits per heavy atom. The SMILES string of the molecule is COc1ccc(NC2=C(c3ccc(NC(C)=O)cc3)C(=O)N(c3ccccc3)C2=O)cc1. The summed E-state index contributed by atoms with van der Waals surface area (Å²) < 4.78 is 5.18. The normalized spacial score (nSPS) is 13.4. The molecule has 160 valence electrons. The molecule has 0 unspecified atom stereocenters. The van der Waals surface area contributed by atoms with Crippen LogP contribution in [0, 0.1) is 0 Å². The van der Waals surface area contributed by atoms with Crippen LogP contribution in [0.15, 0.2) is 84.6 Å². The Morgan fingerprint density at radius 2 is 1.44 bits per heavy atom. The van der Waals surface area contributed by atoms with Crippen molar-refractivity contribution in [2.45, 2.75) is 6.92 Å². The van der Waals surface area contributed by atoms with Crippen molar-refractivity contribution in [3.63, 3.8) is 0 Å². The summed E-state index contributed by atoms with van der Waals surface area (Å²) in [4.78, 5) is 39.2. The lowest BCUT2D eigenvalue weighted by atomic mass is 10.0. The largest absolute Gasteiger partial charge is 0.497 e. The fourth-order valence-electron chi connectivity index (χ4n) is 3.47. The number of hydrogen-bond acceptors (Lipinski definition) is 5. The number of rotatable bonds is 6. The maximum absolute atomic E-state index is 13.4. The molecule has 3 aromatic carbocycles. The molecule has 0 saturated carbocycles. The maximum atomic E-state index is 13.4. The van der Waals surface area contributed by atoms with Crippen LogP contribution in [-0.2, 0) is 14.4 Å². The zero-order valence-electron chi connectivity index (χ0n) is 17.6. The van der Waals surface area contributed by atoms with Crippen LogP contribution in [0.25, 0.3) is 5.57 Å². The second kappa shape index (κ2) is 8.77. The fourth-order valence-corrected chi connectivity index (χ4v) is 3.47. The summed E-state index contributed by atoms with van der Waals surface area (Å²) in [6.07, 6.45) is 0. The number of benzene rings is 3. The summed E-state index contributed by atoms with van der Waals surface area (Å²) in [5, 5.41) is 5.80. The molecule has 0 aliphatic carbocycles. The predicted molar refractivity (Wildman–Crippen MR) is 123 cm³/mol. The van der Waals surface area contributed by atoms with Gasteiger partial charge in [-0.2, -0.15) is 0 Å². The van der Waals surface area contributed by atoms with E-state index in [1.165, 1.54) is 6.92 Å². The Balaban J connectivity index is 1.76. The van der Waals surface area contributed by atoms with Crippen LogP contribution >= 0.6 is 0 Å². The third-order valence-corrected chi connectivity index (χ3v) is 4.95. The van der Waals surface area contributed by atoms with E-state index >= 15 is 0 Å². The van der Waals surface area contributed by atoms with Crippen LogP contribution in [0.4, 0.5) is 17.1 Å². The molecule has 0 saturated heterocycles. The molecule has 0 spiro atoms. The van der Waals surface area contributed by atoms with E-state index in [9.17, 15) is 14.4 Å². The van der Waals surface area contributed by atoms with Gasteiger partial charge in [-0.15, -0.1) is 0 Å². The minimum atomic E-state index is -0.446. The molecule has 3 amide bonds. The number of anilines is 3. The first kappa shape index (κ1) is 20.9. The first-order valence-corrected chi connectivity index (χ1v) is 9.95. The third-order valence-electron chi connectivity index (χ3n) is 4.95. The molecular formula is C25H21N3O4. The molecule has 32 heavy (non-hydrogen) atoms. The molecule has 7 heteroatoms. The molecule has 0 radical (unpaired) electrons. The van der Waals surface area contributed by atoms with Crippen molar-refractivity contribution in [1.29, 1.82) is 0 Å². The van der Waals surface area contributed by atoms with Gasteiger partial charge in [-0.1, -0.05) is 30.3 Å². The van der Waals surface area contributed by atoms with Crippen LogP contribution in [0.5, 0.6) is 5.75 Å². The molecule has 3 aromatic rings. The highest BCUT2D eigenvalue weighted by Gasteiger charge is 2.40. The molecule has 0 bridgehead atoms. The van der Waals surface area contributed by atoms with Gasteiger partial charge in [0.25, 0.3) is 11.8 Å². The van der Waals surface area contributed by atoms with Crippen LogP contribution in [0.2, 0.25) is 0 Å². The summed E-state index contributed by atoms with van der Waals surface area (Å²) in [5.41, 5.74) is 2.72. The number of carbonyl (C=O) groups is 3. The second-order valence-electron chi connectivity index (χ2n) is 7.14. The van der Waals surface area contributed by atoms with Crippen molar-refractivity contribution in [1.82, 2.24) is 0 Å². The van der Waals surface area contributed by atoms with Gasteiger partial charge >= 0.3 is 0 Å². The quantitative estimate of drug-likeness (QED) is 0.580. The van der Waals surface area contributed by atoms with Gasteiger partial charge in [0.05, 0.1) is 18.4 Å². The lowest BCUT2D eigenvalue weighted by molar-refractivity contribution is -0.120. The number of nitrogens with one attached hydrogen (secondary N) is 2. The first-order valence-electron chi connectivity index (χ1n) is 9.95. The number of hydrogen-bond donors (Lipinski definition) is 2. The number of methoxy groups -OCH3 is 1. The van der Waals surface area contributed by atoms with Crippen molar-refractivity contribution in [3.05, 3.63) is 90.1 Å². The van der Waals surface area contributed by atoms with E-state index in [1.54, 1.807) is 79.9 Å². The minimum Gasteiger partial charge on any atom is -0.497 e. The zero-order valence-corrected chi connectivity index (χ0v) is 17.6. The molecular weight excluding hydrogens is 406 g/mol. The van der Waals surface area contributed by atoms with E-state index in [0.29, 0.717) is 28.4 Å². The van der Waals surface area contributed by atoms with E-state index < -0.39 is 11.8 Å². The average molecular weight is 427 g/mol. The monoisotopic (exact) mass is 427 g/mol. The smallest absolute Gasteiger partial charge is 0.282 e. The maximum Gasteiger partial charge on any atom is 0.282 e. The number of para-hydroxylation sites is 1. The van der Waals surface area contributed by atoms with E-state index in [-0.39, 0.29) is 17.2 Å². The summed E-state index contributed by atoms with van der Waals surface area (Å²) >= 11 is 0. The Hall–Kier alpha value is -4.39. The Kier molecular flexibility index (Phi) is 5.72. The summed E-state index contributed by atoms with van der Waals surface area (Å²) in [6, 6.07) is 22.6. The van der Waals surface area contributed by atoms with Crippen molar-refractivity contribution in [3.8, 4) is 5.75 Å². The van der Waals surface area contributed by atoms with Crippen LogP contribution < -0.4 is 20.3 Å². The van der Waals surface area contributed by atoms with Crippen molar-refractivity contribution in [2.24, 2.45) is 0 Å². The van der Waals surface area contributed by atoms with Crippen molar-refractivity contribution < 1.29 is 19.1 Å². The van der Waals surface area contributed by atoms with Crippen LogP contribution in [0.3, 0.4) is 0 Å². The Labute approximate surface area is 185 Å². The topological polar surface area (TPSA) is 87.7 Å². The van der Waals surface area contributed by atoms with Gasteiger partial charge in [0.1, 0.15) is 11.4 Å². The van der Waals surface area contributed by atoms with Gasteiger partial charge in [-0.05, 0) is 54.1 Å². The van der Waals surface area contributed by atoms with Gasteiger partial charge in [-0.3, -0.25) is 14.4 Å². The number of imide groups is 1. The number of amides is 3. The first-order chi connectivity index (χ1) is 15.5. The van der Waals surface area contributed by atoms with E-state index in [0.717, 1.165) is 4.90 Å². The molecule has 0 fully saturated rings. The standard InChI is InChI=1S/C25H21N3O4/c1-16(29)26-18-10-8-17(9-11-18)22-23(27-19-12-14-21(32-2)15-13-19)25(31)28(24(22)30)20-6-4-3-5-7-20/h3-15,27H,1-2H3,(H,26,29). The van der Waals surface area contributed by atoms with Gasteiger partial charge in [0.15, 0.2) is 0 Å². The molecule has 7 nitrogen and oxygen atoms in total. The van der Waals surface area contributed by atoms with Crippen LogP contribution in [0.1, 0.15) is 12.5 Å². The summed E-state index contributed by atoms with van der Waals surface area (Å²) in [7, 11) is 1.57. The summed E-state index contributed by atoms with van der Waals surface area (Å²) in [5.74, 6) is -0.387. The van der Waals surface area contributed by atoms with E-state index in [1.807, 2.05) is 6.07 Å². The van der Waals surface area contributed by atoms with E-state index in [2.05, 4.69) is 10.6 Å². The molecule has 0 aromatic heterocycles. The molecule has 4 rings (SSSR count). The highest BCUT2D eigenvalue weighted by atomic mass is 16.5. The van der Waals surface area contributed by atoms with Gasteiger partial charge < -0.3 is 15.4 Å². The highest BCUT2D eigenvalue weighted by Crippen LogP contribution is 2.34. The minimum absolute atomic E-state index is 0.177. The van der Waals surface area contributed by atoms with Gasteiger partial charge in [-0.25, -0.2) is 4.90 Å². The molecule has 1 aliphatic heterocycles. The van der Waals surface area contributed by atoms with E-state index in [4.69, 9.17) is 4.74 Å². The van der Waals surface area contributed by atoms with Crippen molar-refractivity contribution >= 4 is 40.4 Å². The number of carbonyl (C=O) groups excluding carboxylic acids is 3. The Bertz CT molecular complexity index is 1200. The predicted octanol–water partition coefficient (Wildman–Crippen LogP) is 4.05. The lowest BCUT2D eigenvalue weighted by Crippen LogP contribution is -2.32. The van der Waals surface area contributed by atoms with Crippen molar-refractivity contribution in [2.75, 3.05) is 22.6 Å². The fraction of sp³-hybridized carbons (Fsp3) is 0.0800. The van der Waals surface area contributed by atoms with Gasteiger partial charge in [0.2, 0.25) is 5.91 Å². The lowest BCUT2D eigenvalue weighted by Gasteiger charge is -2.15. The molecule has 0 atom stereocenters. The molecule has 2 N–H and O–H groups in total. The van der Waals surface area contributed by atoms with Gasteiger partial charge in [0, 0.05) is 18.3 Å². The summed E-state index contributed by atoms with van der Waals surface area (Å²) in [6.45, 7) is 1.42. The number of nitrogens with zero attached hydrogens (tertiary/aromatic N) is 1. The zero-order chi connectivity index (χ0) is 22.7. The third kappa shape index (κ3) is 4.09. The second-order valence-corrected chi connectivity index (χ2v) is 7.14. The molecule has 1 aliphatic rings.